The number of rotatable bonds is 10. The summed E-state index contributed by atoms with van der Waals surface area (Å²) in [7, 11) is 1.27. The topological polar surface area (TPSA) is 110 Å². The molecule has 5 rings (SSSR count). The van der Waals surface area contributed by atoms with Crippen molar-refractivity contribution in [1.29, 1.82) is 0 Å². The maximum atomic E-state index is 14.2. The Hall–Kier alpha value is -4.97. The van der Waals surface area contributed by atoms with Crippen LogP contribution in [-0.2, 0) is 19.1 Å². The molecule has 0 amide bonds. The number of fused-ring (bicyclic) bond motifs is 1. The molecule has 240 valence electrons. The van der Waals surface area contributed by atoms with Crippen LogP contribution < -0.4 is 24.4 Å². The molecule has 0 N–H and O–H groups in total. The van der Waals surface area contributed by atoms with E-state index in [2.05, 4.69) is 9.73 Å². The van der Waals surface area contributed by atoms with Gasteiger partial charge in [0.25, 0.3) is 5.56 Å². The van der Waals surface area contributed by atoms with E-state index in [-0.39, 0.29) is 30.2 Å². The molecule has 0 unspecified atom stereocenters. The van der Waals surface area contributed by atoms with Crippen LogP contribution in [0, 0.1) is 19.7 Å². The van der Waals surface area contributed by atoms with Gasteiger partial charge < -0.3 is 23.5 Å². The van der Waals surface area contributed by atoms with Crippen LogP contribution in [0.1, 0.15) is 49.3 Å². The number of halogens is 1. The van der Waals surface area contributed by atoms with Gasteiger partial charge in [-0.15, -0.1) is 0 Å². The highest BCUT2D eigenvalue weighted by Gasteiger charge is 2.34. The molecule has 2 aromatic heterocycles. The van der Waals surface area contributed by atoms with E-state index in [4.69, 9.17) is 14.2 Å². The number of benzene rings is 2. The van der Waals surface area contributed by atoms with Gasteiger partial charge in [-0.2, -0.15) is 0 Å². The maximum Gasteiger partial charge on any atom is 0.343 e. The van der Waals surface area contributed by atoms with Crippen molar-refractivity contribution in [3.63, 3.8) is 0 Å². The lowest BCUT2D eigenvalue weighted by molar-refractivity contribution is -0.143. The summed E-state index contributed by atoms with van der Waals surface area (Å²) in [5, 5.41) is 0. The highest BCUT2D eigenvalue weighted by molar-refractivity contribution is 7.07. The normalized spacial score (nSPS) is 14.5. The summed E-state index contributed by atoms with van der Waals surface area (Å²) in [5.41, 5.74) is 4.29. The van der Waals surface area contributed by atoms with Crippen LogP contribution in [-0.4, -0.2) is 48.0 Å². The first-order chi connectivity index (χ1) is 22.1. The molecule has 0 spiro atoms. The number of allylic oxidation sites excluding steroid dienone is 1. The van der Waals surface area contributed by atoms with E-state index in [0.717, 1.165) is 22.6 Å². The number of ether oxygens (including phenoxy) is 4. The molecule has 1 aliphatic rings. The summed E-state index contributed by atoms with van der Waals surface area (Å²) in [6.07, 6.45) is 1.81. The summed E-state index contributed by atoms with van der Waals surface area (Å²) in [4.78, 5) is 44.3. The molecule has 0 bridgehead atoms. The average molecular weight is 648 g/mol. The fourth-order valence-electron chi connectivity index (χ4n) is 5.45. The average Bonchev–Trinajstić information content (AvgIpc) is 3.49. The van der Waals surface area contributed by atoms with E-state index < -0.39 is 18.0 Å². The smallest absolute Gasteiger partial charge is 0.343 e. The van der Waals surface area contributed by atoms with Crippen molar-refractivity contribution >= 4 is 29.4 Å². The Morgan fingerprint density at radius 3 is 2.41 bits per heavy atom. The van der Waals surface area contributed by atoms with E-state index in [0.29, 0.717) is 38.7 Å². The summed E-state index contributed by atoms with van der Waals surface area (Å²) in [6, 6.07) is 12.3. The zero-order chi connectivity index (χ0) is 33.1. The van der Waals surface area contributed by atoms with E-state index >= 15 is 0 Å². The number of aromatic nitrogens is 2. The molecule has 1 aliphatic heterocycles. The van der Waals surface area contributed by atoms with Gasteiger partial charge >= 0.3 is 11.9 Å². The summed E-state index contributed by atoms with van der Waals surface area (Å²) in [6.45, 7) is 9.23. The van der Waals surface area contributed by atoms with Crippen LogP contribution in [0.15, 0.2) is 69.6 Å². The minimum absolute atomic E-state index is 0.140. The van der Waals surface area contributed by atoms with Gasteiger partial charge in [0.15, 0.2) is 22.9 Å². The predicted octanol–water partition coefficient (Wildman–Crippen LogP) is 4.30. The van der Waals surface area contributed by atoms with Crippen LogP contribution in [0.3, 0.4) is 0 Å². The third-order valence-electron chi connectivity index (χ3n) is 7.52. The molecule has 4 aromatic rings. The molecule has 2 aromatic carbocycles. The summed E-state index contributed by atoms with van der Waals surface area (Å²) in [5.74, 6) is -0.832. The summed E-state index contributed by atoms with van der Waals surface area (Å²) >= 11 is 1.21. The number of carbonyl (C=O) groups excluding carboxylic acids is 2. The molecule has 46 heavy (non-hydrogen) atoms. The second kappa shape index (κ2) is 13.6. The van der Waals surface area contributed by atoms with Crippen LogP contribution in [0.25, 0.3) is 11.8 Å². The first kappa shape index (κ1) is 32.4. The van der Waals surface area contributed by atoms with Gasteiger partial charge in [-0.3, -0.25) is 9.36 Å². The van der Waals surface area contributed by atoms with Crippen molar-refractivity contribution in [1.82, 2.24) is 9.13 Å². The van der Waals surface area contributed by atoms with Crippen molar-refractivity contribution in [2.45, 2.75) is 40.7 Å². The van der Waals surface area contributed by atoms with Gasteiger partial charge in [0.05, 0.1) is 42.2 Å². The van der Waals surface area contributed by atoms with Crippen molar-refractivity contribution in [2.24, 2.45) is 4.99 Å². The first-order valence-electron chi connectivity index (χ1n) is 14.7. The van der Waals surface area contributed by atoms with Crippen molar-refractivity contribution in [2.75, 3.05) is 26.9 Å². The minimum Gasteiger partial charge on any atom is -0.490 e. The van der Waals surface area contributed by atoms with Crippen LogP contribution in [0.2, 0.25) is 0 Å². The standard InChI is InChI=1S/C34H34FN3O7S/c1-7-43-27-16-22(9-14-26(27)45-18-29(39)42-6)31-30(33(41)44-8-2)20(4)36-34-38(31)32(40)28(46-34)17-23-15-19(3)37(21(23)5)25-12-10-24(35)11-13-25/h9-17,31H,7-8,18H2,1-6H3/b28-17+/t31-/m0/s1. The quantitative estimate of drug-likeness (QED) is 0.236. The lowest BCUT2D eigenvalue weighted by Gasteiger charge is -2.25. The second-order valence-corrected chi connectivity index (χ2v) is 11.5. The van der Waals surface area contributed by atoms with Crippen molar-refractivity contribution in [3.8, 4) is 17.2 Å². The molecule has 0 saturated heterocycles. The molecular formula is C34H34FN3O7S. The monoisotopic (exact) mass is 647 g/mol. The Labute approximate surface area is 268 Å². The first-order valence-corrected chi connectivity index (χ1v) is 15.5. The molecule has 0 aliphatic carbocycles. The van der Waals surface area contributed by atoms with Gasteiger partial charge in [-0.25, -0.2) is 19.0 Å². The van der Waals surface area contributed by atoms with Gasteiger partial charge in [-0.05, 0) is 94.3 Å². The van der Waals surface area contributed by atoms with E-state index in [1.54, 1.807) is 51.1 Å². The van der Waals surface area contributed by atoms with Crippen molar-refractivity contribution < 1.29 is 32.9 Å². The largest absolute Gasteiger partial charge is 0.490 e. The SMILES string of the molecule is CCOC(=O)C1=C(C)N=c2s/c(=C/c3cc(C)n(-c4ccc(F)cc4)c3C)c(=O)n2[C@H]1c1ccc(OCC(=O)OC)c(OCC)c1. The zero-order valence-corrected chi connectivity index (χ0v) is 27.2. The number of nitrogens with zero attached hydrogens (tertiary/aromatic N) is 3. The van der Waals surface area contributed by atoms with Crippen molar-refractivity contribution in [3.05, 3.63) is 108 Å². The van der Waals surface area contributed by atoms with E-state index in [9.17, 15) is 18.8 Å². The zero-order valence-electron chi connectivity index (χ0n) is 26.4. The summed E-state index contributed by atoms with van der Waals surface area (Å²) < 4.78 is 39.0. The number of thiazole rings is 1. The number of hydrogen-bond acceptors (Lipinski definition) is 9. The predicted molar refractivity (Wildman–Crippen MR) is 171 cm³/mol. The van der Waals surface area contributed by atoms with Crippen LogP contribution >= 0.6 is 11.3 Å². The molecule has 0 fully saturated rings. The molecule has 10 nitrogen and oxygen atoms in total. The maximum absolute atomic E-state index is 14.2. The van der Waals surface area contributed by atoms with Gasteiger partial charge in [-0.1, -0.05) is 17.4 Å². The number of carbonyl (C=O) groups is 2. The Bertz CT molecular complexity index is 2020. The second-order valence-electron chi connectivity index (χ2n) is 10.4. The molecule has 0 radical (unpaired) electrons. The molecular weight excluding hydrogens is 613 g/mol. The molecule has 12 heteroatoms. The van der Waals surface area contributed by atoms with E-state index in [1.807, 2.05) is 30.6 Å². The number of aryl methyl sites for hydroxylation is 1. The lowest BCUT2D eigenvalue weighted by atomic mass is 9.95. The highest BCUT2D eigenvalue weighted by Crippen LogP contribution is 2.36. The van der Waals surface area contributed by atoms with Crippen LogP contribution in [0.5, 0.6) is 11.5 Å². The van der Waals surface area contributed by atoms with Gasteiger partial charge in [0.1, 0.15) is 5.82 Å². The fourth-order valence-corrected chi connectivity index (χ4v) is 6.48. The Morgan fingerprint density at radius 2 is 1.74 bits per heavy atom. The van der Waals surface area contributed by atoms with E-state index in [1.165, 1.54) is 35.1 Å². The Balaban J connectivity index is 1.66. The minimum atomic E-state index is -0.877. The highest BCUT2D eigenvalue weighted by atomic mass is 32.1. The number of hydrogen-bond donors (Lipinski definition) is 0. The van der Waals surface area contributed by atoms with Gasteiger partial charge in [0.2, 0.25) is 0 Å². The molecule has 0 saturated carbocycles. The number of esters is 2. The third-order valence-corrected chi connectivity index (χ3v) is 8.50. The fraction of sp³-hybridized carbons (Fsp3) is 0.294. The molecule has 1 atom stereocenters. The lowest BCUT2D eigenvalue weighted by Crippen LogP contribution is -2.40. The van der Waals surface area contributed by atoms with Crippen LogP contribution in [0.4, 0.5) is 4.39 Å². The Morgan fingerprint density at radius 1 is 1.00 bits per heavy atom. The Kier molecular flexibility index (Phi) is 9.57. The third kappa shape index (κ3) is 6.25. The number of methoxy groups -OCH3 is 1. The van der Waals surface area contributed by atoms with Gasteiger partial charge in [0, 0.05) is 17.1 Å². The molecule has 3 heterocycles.